The molecule has 0 aliphatic heterocycles. The lowest BCUT2D eigenvalue weighted by atomic mass is 9.97. The molecule has 0 bridgehead atoms. The van der Waals surface area contributed by atoms with Gasteiger partial charge in [-0.3, -0.25) is 0 Å². The number of hydrogen-bond donors (Lipinski definition) is 1. The van der Waals surface area contributed by atoms with E-state index in [9.17, 15) is 13.2 Å². The van der Waals surface area contributed by atoms with Crippen molar-refractivity contribution < 1.29 is 17.0 Å². The normalized spacial score (nSPS) is 16.2. The first-order valence-electron chi connectivity index (χ1n) is 7.75. The van der Waals surface area contributed by atoms with Crippen molar-refractivity contribution in [1.29, 1.82) is 0 Å². The van der Waals surface area contributed by atoms with E-state index in [1.54, 1.807) is 6.07 Å². The summed E-state index contributed by atoms with van der Waals surface area (Å²) in [6, 6.07) is 4.66. The van der Waals surface area contributed by atoms with Crippen LogP contribution in [0.5, 0.6) is 5.75 Å². The zero-order valence-electron chi connectivity index (χ0n) is 12.7. The molecule has 124 valence electrons. The molecular formula is C16H19NO5S. The van der Waals surface area contributed by atoms with Gasteiger partial charge < -0.3 is 8.60 Å². The zero-order chi connectivity index (χ0) is 16.4. The van der Waals surface area contributed by atoms with Crippen LogP contribution in [0, 0.1) is 0 Å². The predicted molar refractivity (Wildman–Crippen MR) is 86.7 cm³/mol. The second kappa shape index (κ2) is 6.33. The lowest BCUT2D eigenvalue weighted by Gasteiger charge is -2.11. The van der Waals surface area contributed by atoms with Gasteiger partial charge in [0.15, 0.2) is 0 Å². The Labute approximate surface area is 134 Å². The van der Waals surface area contributed by atoms with Gasteiger partial charge in [0.2, 0.25) is 0 Å². The van der Waals surface area contributed by atoms with E-state index in [1.165, 1.54) is 18.6 Å². The molecule has 2 aromatic rings. The topological polar surface area (TPSA) is 99.6 Å². The number of fused-ring (bicyclic) bond motifs is 3. The van der Waals surface area contributed by atoms with Crippen LogP contribution in [0.3, 0.4) is 0 Å². The van der Waals surface area contributed by atoms with Gasteiger partial charge in [0.1, 0.15) is 11.3 Å². The van der Waals surface area contributed by atoms with E-state index >= 15 is 0 Å². The molecule has 0 fully saturated rings. The largest absolute Gasteiger partial charge is 0.422 e. The fraction of sp³-hybridized carbons (Fsp3) is 0.438. The molecule has 6 nitrogen and oxygen atoms in total. The van der Waals surface area contributed by atoms with Crippen molar-refractivity contribution >= 4 is 21.3 Å². The molecule has 0 saturated heterocycles. The summed E-state index contributed by atoms with van der Waals surface area (Å²) in [6.07, 6.45) is 7.02. The molecule has 7 heteroatoms. The van der Waals surface area contributed by atoms with Crippen LogP contribution < -0.4 is 14.9 Å². The third kappa shape index (κ3) is 3.73. The molecule has 0 spiro atoms. The van der Waals surface area contributed by atoms with Crippen molar-refractivity contribution in [2.75, 3.05) is 0 Å². The van der Waals surface area contributed by atoms with Crippen LogP contribution in [0.15, 0.2) is 27.4 Å². The van der Waals surface area contributed by atoms with Gasteiger partial charge in [0.05, 0.1) is 0 Å². The highest BCUT2D eigenvalue weighted by atomic mass is 32.2. The Morgan fingerprint density at radius 3 is 2.35 bits per heavy atom. The molecule has 0 atom stereocenters. The number of nitrogens with two attached hydrogens (primary N) is 1. The molecule has 0 saturated carbocycles. The molecule has 1 heterocycles. The maximum Gasteiger partial charge on any atom is 0.380 e. The van der Waals surface area contributed by atoms with Crippen molar-refractivity contribution in [3.8, 4) is 5.75 Å². The van der Waals surface area contributed by atoms with Gasteiger partial charge in [-0.25, -0.2) is 4.79 Å². The van der Waals surface area contributed by atoms with E-state index < -0.39 is 10.3 Å². The van der Waals surface area contributed by atoms with Crippen LogP contribution in [-0.2, 0) is 23.1 Å². The van der Waals surface area contributed by atoms with Gasteiger partial charge in [0.25, 0.3) is 0 Å². The fourth-order valence-electron chi connectivity index (χ4n) is 3.14. The van der Waals surface area contributed by atoms with Gasteiger partial charge >= 0.3 is 15.9 Å². The number of aryl methyl sites for hydroxylation is 1. The van der Waals surface area contributed by atoms with Crippen LogP contribution in [0.2, 0.25) is 0 Å². The summed E-state index contributed by atoms with van der Waals surface area (Å²) in [5, 5.41) is 5.70. The molecule has 23 heavy (non-hydrogen) atoms. The van der Waals surface area contributed by atoms with Gasteiger partial charge in [0, 0.05) is 17.0 Å². The molecule has 1 aromatic heterocycles. The summed E-state index contributed by atoms with van der Waals surface area (Å²) < 4.78 is 32.1. The minimum atomic E-state index is -4.11. The van der Waals surface area contributed by atoms with Crippen LogP contribution in [0.25, 0.3) is 11.0 Å². The average molecular weight is 337 g/mol. The summed E-state index contributed by atoms with van der Waals surface area (Å²) in [5.41, 5.74) is 1.75. The fourth-order valence-corrected chi connectivity index (χ4v) is 3.51. The highest BCUT2D eigenvalue weighted by Gasteiger charge is 2.17. The number of hydrogen-bond acceptors (Lipinski definition) is 5. The second-order valence-corrected chi connectivity index (χ2v) is 7.00. The summed E-state index contributed by atoms with van der Waals surface area (Å²) in [4.78, 5) is 12.3. The van der Waals surface area contributed by atoms with E-state index in [0.717, 1.165) is 55.0 Å². The Bertz CT molecular complexity index is 885. The summed E-state index contributed by atoms with van der Waals surface area (Å²) in [7, 11) is -4.11. The first-order chi connectivity index (χ1) is 10.9. The SMILES string of the molecule is NS(=O)(=O)Oc1ccc2c3c(c(=O)oc2c1)CCCCCCC3. The maximum absolute atomic E-state index is 12.3. The standard InChI is InChI=1S/C16H19NO5S/c17-23(19,20)22-11-8-9-13-12-6-4-2-1-3-5-7-14(12)16(18)21-15(13)10-11/h8-10H,1-7H2,(H2,17,19,20). The van der Waals surface area contributed by atoms with Gasteiger partial charge in [-0.2, -0.15) is 13.6 Å². The van der Waals surface area contributed by atoms with Gasteiger partial charge in [-0.15, -0.1) is 0 Å². The molecule has 0 unspecified atom stereocenters. The second-order valence-electron chi connectivity index (χ2n) is 5.85. The van der Waals surface area contributed by atoms with Gasteiger partial charge in [-0.05, 0) is 43.4 Å². The maximum atomic E-state index is 12.3. The van der Waals surface area contributed by atoms with E-state index in [4.69, 9.17) is 9.56 Å². The zero-order valence-corrected chi connectivity index (χ0v) is 13.5. The Kier molecular flexibility index (Phi) is 4.41. The van der Waals surface area contributed by atoms with Crippen LogP contribution >= 0.6 is 0 Å². The van der Waals surface area contributed by atoms with Gasteiger partial charge in [-0.1, -0.05) is 19.3 Å². The number of benzene rings is 1. The molecule has 1 aromatic carbocycles. The molecule has 1 aliphatic rings. The van der Waals surface area contributed by atoms with Crippen LogP contribution in [-0.4, -0.2) is 8.42 Å². The van der Waals surface area contributed by atoms with Crippen LogP contribution in [0.4, 0.5) is 0 Å². The quantitative estimate of drug-likeness (QED) is 0.848. The highest BCUT2D eigenvalue weighted by molar-refractivity contribution is 7.84. The van der Waals surface area contributed by atoms with Crippen molar-refractivity contribution in [3.05, 3.63) is 39.7 Å². The summed E-state index contributed by atoms with van der Waals surface area (Å²) in [5.74, 6) is 0.0335. The van der Waals surface area contributed by atoms with E-state index in [1.807, 2.05) is 0 Å². The molecule has 0 amide bonds. The van der Waals surface area contributed by atoms with Crippen molar-refractivity contribution in [3.63, 3.8) is 0 Å². The first-order valence-corrected chi connectivity index (χ1v) is 9.22. The summed E-state index contributed by atoms with van der Waals surface area (Å²) >= 11 is 0. The molecule has 1 aliphatic carbocycles. The minimum Gasteiger partial charge on any atom is -0.422 e. The molecule has 0 radical (unpaired) electrons. The highest BCUT2D eigenvalue weighted by Crippen LogP contribution is 2.28. The van der Waals surface area contributed by atoms with Crippen LogP contribution in [0.1, 0.15) is 43.2 Å². The lowest BCUT2D eigenvalue weighted by Crippen LogP contribution is -2.19. The predicted octanol–water partition coefficient (Wildman–Crippen LogP) is 2.42. The Morgan fingerprint density at radius 1 is 1.00 bits per heavy atom. The van der Waals surface area contributed by atoms with E-state index in [2.05, 4.69) is 4.18 Å². The van der Waals surface area contributed by atoms with Crippen molar-refractivity contribution in [2.24, 2.45) is 5.14 Å². The third-order valence-electron chi connectivity index (χ3n) is 4.16. The summed E-state index contributed by atoms with van der Waals surface area (Å²) in [6.45, 7) is 0. The monoisotopic (exact) mass is 337 g/mol. The average Bonchev–Trinajstić information content (AvgIpc) is 2.57. The Balaban J connectivity index is 2.12. The number of rotatable bonds is 2. The molecule has 2 N–H and O–H groups in total. The molecular weight excluding hydrogens is 318 g/mol. The lowest BCUT2D eigenvalue weighted by molar-refractivity contribution is 0.486. The minimum absolute atomic E-state index is 0.0335. The molecule has 3 rings (SSSR count). The van der Waals surface area contributed by atoms with Crippen molar-refractivity contribution in [1.82, 2.24) is 0 Å². The van der Waals surface area contributed by atoms with E-state index in [-0.39, 0.29) is 11.4 Å². The smallest absolute Gasteiger partial charge is 0.380 e. The Hall–Kier alpha value is -1.86. The van der Waals surface area contributed by atoms with Crippen molar-refractivity contribution in [2.45, 2.75) is 44.9 Å². The van der Waals surface area contributed by atoms with E-state index in [0.29, 0.717) is 5.58 Å². The third-order valence-corrected chi connectivity index (χ3v) is 4.58. The first kappa shape index (κ1) is 16.0. The Morgan fingerprint density at radius 2 is 1.65 bits per heavy atom.